The van der Waals surface area contributed by atoms with E-state index in [1.54, 1.807) is 0 Å². The van der Waals surface area contributed by atoms with Crippen molar-refractivity contribution >= 4 is 0 Å². The average molecular weight is 448 g/mol. The number of hydrogen-bond donors (Lipinski definition) is 0. The third kappa shape index (κ3) is 8.84. The minimum absolute atomic E-state index is 0. The molecule has 0 bridgehead atoms. The summed E-state index contributed by atoms with van der Waals surface area (Å²) in [4.78, 5) is 0. The van der Waals surface area contributed by atoms with E-state index in [1.165, 1.54) is 16.7 Å². The number of likely N-dealkylation sites (N-methyl/N-ethyl adjacent to an activating group) is 1. The topological polar surface area (TPSA) is 18.5 Å². The van der Waals surface area contributed by atoms with Crippen LogP contribution in [0.4, 0.5) is 0 Å². The largest absolute Gasteiger partial charge is 1.00 e. The number of hydrogen-bond acceptors (Lipinski definition) is 2. The SMILES string of the molecule is CCOCC(Oc1cccc(CC(C)C)c1CC(C)C)[N+](C)(C)Cc1ccccc1.[Cl-]. The predicted molar refractivity (Wildman–Crippen MR) is 127 cm³/mol. The molecule has 0 aliphatic heterocycles. The lowest BCUT2D eigenvalue weighted by molar-refractivity contribution is -0.946. The fourth-order valence-corrected chi connectivity index (χ4v) is 3.89. The van der Waals surface area contributed by atoms with Gasteiger partial charge in [0.15, 0.2) is 0 Å². The van der Waals surface area contributed by atoms with E-state index in [9.17, 15) is 0 Å². The van der Waals surface area contributed by atoms with Gasteiger partial charge in [-0.15, -0.1) is 0 Å². The van der Waals surface area contributed by atoms with Crippen molar-refractivity contribution in [3.05, 3.63) is 65.2 Å². The predicted octanol–water partition coefficient (Wildman–Crippen LogP) is 3.11. The van der Waals surface area contributed by atoms with Crippen LogP contribution in [0, 0.1) is 11.8 Å². The van der Waals surface area contributed by atoms with Gasteiger partial charge in [-0.25, -0.2) is 0 Å². The Bertz CT molecular complexity index is 759. The first-order valence-electron chi connectivity index (χ1n) is 11.4. The van der Waals surface area contributed by atoms with Crippen LogP contribution in [0.5, 0.6) is 5.75 Å². The zero-order valence-electron chi connectivity index (χ0n) is 20.5. The molecule has 0 aliphatic rings. The van der Waals surface area contributed by atoms with E-state index >= 15 is 0 Å². The van der Waals surface area contributed by atoms with Gasteiger partial charge < -0.3 is 21.9 Å². The van der Waals surface area contributed by atoms with Crippen molar-refractivity contribution in [2.75, 3.05) is 27.3 Å². The fraction of sp³-hybridized carbons (Fsp3) is 0.556. The van der Waals surface area contributed by atoms with Crippen molar-refractivity contribution in [2.45, 2.75) is 60.2 Å². The molecule has 0 heterocycles. The van der Waals surface area contributed by atoms with Crippen LogP contribution in [0.15, 0.2) is 48.5 Å². The summed E-state index contributed by atoms with van der Waals surface area (Å²) in [5.74, 6) is 2.22. The Labute approximate surface area is 196 Å². The summed E-state index contributed by atoms with van der Waals surface area (Å²) in [6.45, 7) is 13.3. The second-order valence-electron chi connectivity index (χ2n) is 9.74. The second-order valence-corrected chi connectivity index (χ2v) is 9.74. The van der Waals surface area contributed by atoms with Crippen LogP contribution >= 0.6 is 0 Å². The number of halogens is 1. The van der Waals surface area contributed by atoms with Gasteiger partial charge >= 0.3 is 0 Å². The lowest BCUT2D eigenvalue weighted by Gasteiger charge is -2.38. The summed E-state index contributed by atoms with van der Waals surface area (Å²) < 4.78 is 13.3. The van der Waals surface area contributed by atoms with E-state index in [4.69, 9.17) is 9.47 Å². The number of quaternary nitrogens is 1. The van der Waals surface area contributed by atoms with E-state index in [0.717, 1.165) is 25.1 Å². The average Bonchev–Trinajstić information content (AvgIpc) is 2.67. The minimum atomic E-state index is -0.0784. The van der Waals surface area contributed by atoms with Crippen molar-refractivity contribution in [1.29, 1.82) is 0 Å². The molecule has 31 heavy (non-hydrogen) atoms. The van der Waals surface area contributed by atoms with Crippen molar-refractivity contribution in [1.82, 2.24) is 0 Å². The Hall–Kier alpha value is -1.55. The third-order valence-electron chi connectivity index (χ3n) is 5.41. The number of rotatable bonds is 12. The number of benzene rings is 2. The van der Waals surface area contributed by atoms with E-state index in [0.29, 0.717) is 29.5 Å². The lowest BCUT2D eigenvalue weighted by atomic mass is 9.92. The molecule has 0 spiro atoms. The Morgan fingerprint density at radius 1 is 0.839 bits per heavy atom. The van der Waals surface area contributed by atoms with Crippen LogP contribution in [0.25, 0.3) is 0 Å². The maximum absolute atomic E-state index is 6.76. The van der Waals surface area contributed by atoms with Crippen molar-refractivity contribution in [3.8, 4) is 5.75 Å². The lowest BCUT2D eigenvalue weighted by Crippen LogP contribution is -3.00. The number of ether oxygens (including phenoxy) is 2. The van der Waals surface area contributed by atoms with Crippen molar-refractivity contribution < 1.29 is 26.4 Å². The highest BCUT2D eigenvalue weighted by Gasteiger charge is 2.31. The second kappa shape index (κ2) is 13.1. The zero-order valence-corrected chi connectivity index (χ0v) is 21.3. The summed E-state index contributed by atoms with van der Waals surface area (Å²) in [6, 6.07) is 17.2. The van der Waals surface area contributed by atoms with Gasteiger partial charge in [-0.1, -0.05) is 70.2 Å². The Morgan fingerprint density at radius 2 is 1.48 bits per heavy atom. The fourth-order valence-electron chi connectivity index (χ4n) is 3.89. The van der Waals surface area contributed by atoms with Crippen LogP contribution in [-0.4, -0.2) is 38.0 Å². The van der Waals surface area contributed by atoms with Crippen LogP contribution in [0.2, 0.25) is 0 Å². The molecule has 0 aromatic heterocycles. The summed E-state index contributed by atoms with van der Waals surface area (Å²) in [5.41, 5.74) is 4.09. The van der Waals surface area contributed by atoms with Gasteiger partial charge in [0.2, 0.25) is 0 Å². The Kier molecular flexibility index (Phi) is 11.6. The molecule has 0 amide bonds. The molecule has 174 valence electrons. The smallest absolute Gasteiger partial charge is 0.256 e. The quantitative estimate of drug-likeness (QED) is 0.367. The molecule has 2 aromatic carbocycles. The molecular formula is C27H42ClNO2. The molecule has 2 aromatic rings. The first kappa shape index (κ1) is 27.5. The summed E-state index contributed by atoms with van der Waals surface area (Å²) >= 11 is 0. The normalized spacial score (nSPS) is 12.7. The highest BCUT2D eigenvalue weighted by molar-refractivity contribution is 5.41. The summed E-state index contributed by atoms with van der Waals surface area (Å²) in [7, 11) is 4.47. The van der Waals surface area contributed by atoms with Crippen LogP contribution < -0.4 is 17.1 Å². The molecule has 0 radical (unpaired) electrons. The molecule has 3 nitrogen and oxygen atoms in total. The zero-order chi connectivity index (χ0) is 22.1. The summed E-state index contributed by atoms with van der Waals surface area (Å²) in [6.07, 6.45) is 2.04. The highest BCUT2D eigenvalue weighted by atomic mass is 35.5. The molecule has 0 N–H and O–H groups in total. The molecule has 1 unspecified atom stereocenters. The van der Waals surface area contributed by atoms with Gasteiger partial charge in [-0.2, -0.15) is 0 Å². The Morgan fingerprint density at radius 3 is 2.06 bits per heavy atom. The van der Waals surface area contributed by atoms with Gasteiger partial charge in [0.25, 0.3) is 6.23 Å². The van der Waals surface area contributed by atoms with E-state index in [1.807, 2.05) is 6.92 Å². The molecule has 0 fully saturated rings. The van der Waals surface area contributed by atoms with Gasteiger partial charge in [0.1, 0.15) is 18.9 Å². The van der Waals surface area contributed by atoms with Gasteiger partial charge in [-0.3, -0.25) is 4.48 Å². The minimum Gasteiger partial charge on any atom is -1.00 e. The Balaban J connectivity index is 0.00000480. The molecular weight excluding hydrogens is 406 g/mol. The first-order valence-corrected chi connectivity index (χ1v) is 11.4. The molecule has 0 saturated carbocycles. The first-order chi connectivity index (χ1) is 14.2. The third-order valence-corrected chi connectivity index (χ3v) is 5.41. The van der Waals surface area contributed by atoms with Gasteiger partial charge in [0, 0.05) is 12.2 Å². The molecule has 2 rings (SSSR count). The monoisotopic (exact) mass is 447 g/mol. The van der Waals surface area contributed by atoms with E-state index < -0.39 is 0 Å². The summed E-state index contributed by atoms with van der Waals surface area (Å²) in [5, 5.41) is 0. The van der Waals surface area contributed by atoms with Gasteiger partial charge in [0.05, 0.1) is 14.1 Å². The number of nitrogens with zero attached hydrogens (tertiary/aromatic N) is 1. The standard InChI is InChI=1S/C27H42NO2.ClH/c1-8-29-20-27(28(6,7)19-23-13-10-9-11-14-23)30-26-16-12-15-24(17-21(2)3)25(26)18-22(4)5;/h9-16,21-22,27H,8,17-20H2,1-7H3;1H/q+1;/p-1. The molecule has 1 atom stereocenters. The van der Waals surface area contributed by atoms with Crippen LogP contribution in [0.1, 0.15) is 51.3 Å². The maximum Gasteiger partial charge on any atom is 0.256 e. The van der Waals surface area contributed by atoms with Crippen molar-refractivity contribution in [2.24, 2.45) is 11.8 Å². The van der Waals surface area contributed by atoms with Gasteiger partial charge in [-0.05, 0) is 48.8 Å². The van der Waals surface area contributed by atoms with Crippen LogP contribution in [-0.2, 0) is 24.1 Å². The molecule has 0 aliphatic carbocycles. The molecule has 4 heteroatoms. The van der Waals surface area contributed by atoms with E-state index in [-0.39, 0.29) is 18.6 Å². The van der Waals surface area contributed by atoms with Crippen LogP contribution in [0.3, 0.4) is 0 Å². The maximum atomic E-state index is 6.76. The highest BCUT2D eigenvalue weighted by Crippen LogP contribution is 2.30. The van der Waals surface area contributed by atoms with E-state index in [2.05, 4.69) is 90.3 Å². The molecule has 0 saturated heterocycles. The van der Waals surface area contributed by atoms with Crippen molar-refractivity contribution in [3.63, 3.8) is 0 Å².